The van der Waals surface area contributed by atoms with Crippen LogP contribution in [0.15, 0.2) is 59.6 Å². The van der Waals surface area contributed by atoms with Gasteiger partial charge in [-0.1, -0.05) is 18.2 Å². The summed E-state index contributed by atoms with van der Waals surface area (Å²) >= 11 is 1.51. The Labute approximate surface area is 138 Å². The molecule has 2 heterocycles. The van der Waals surface area contributed by atoms with Crippen molar-refractivity contribution < 1.29 is 9.53 Å². The largest absolute Gasteiger partial charge is 0.486 e. The Bertz CT molecular complexity index is 761. The first kappa shape index (κ1) is 15.2. The van der Waals surface area contributed by atoms with Crippen LogP contribution in [0.1, 0.15) is 21.7 Å². The highest BCUT2D eigenvalue weighted by Crippen LogP contribution is 2.19. The minimum atomic E-state index is -0.190. The molecule has 0 bridgehead atoms. The van der Waals surface area contributed by atoms with Crippen LogP contribution in [0.25, 0.3) is 0 Å². The van der Waals surface area contributed by atoms with Crippen LogP contribution in [0.4, 0.5) is 0 Å². The molecule has 116 valence electrons. The monoisotopic (exact) mass is 325 g/mol. The van der Waals surface area contributed by atoms with Gasteiger partial charge in [-0.05, 0) is 24.3 Å². The number of ether oxygens (including phenoxy) is 1. The summed E-state index contributed by atoms with van der Waals surface area (Å²) in [6, 6.07) is 12.8. The Morgan fingerprint density at radius 3 is 2.74 bits per heavy atom. The Kier molecular flexibility index (Phi) is 4.95. The van der Waals surface area contributed by atoms with Crippen molar-refractivity contribution >= 4 is 17.2 Å². The quantitative estimate of drug-likeness (QED) is 0.756. The third kappa shape index (κ3) is 4.14. The van der Waals surface area contributed by atoms with Crippen molar-refractivity contribution in [1.82, 2.24) is 15.3 Å². The molecule has 0 unspecified atom stereocenters. The second-order valence-electron chi connectivity index (χ2n) is 4.77. The molecule has 3 aromatic rings. The van der Waals surface area contributed by atoms with Crippen molar-refractivity contribution in [3.8, 4) is 5.75 Å². The molecule has 0 aliphatic heterocycles. The van der Waals surface area contributed by atoms with Gasteiger partial charge >= 0.3 is 0 Å². The second kappa shape index (κ2) is 7.51. The lowest BCUT2D eigenvalue weighted by Gasteiger charge is -2.11. The summed E-state index contributed by atoms with van der Waals surface area (Å²) in [6.07, 6.45) is 1.70. The number of nitrogens with zero attached hydrogens (tertiary/aromatic N) is 2. The molecule has 1 aromatic carbocycles. The fourth-order valence-corrected chi connectivity index (χ4v) is 2.55. The van der Waals surface area contributed by atoms with E-state index in [-0.39, 0.29) is 5.91 Å². The summed E-state index contributed by atoms with van der Waals surface area (Å²) in [7, 11) is 0. The molecule has 0 spiro atoms. The Hall–Kier alpha value is -2.73. The number of thiazole rings is 1. The van der Waals surface area contributed by atoms with E-state index in [0.29, 0.717) is 24.5 Å². The normalized spacial score (nSPS) is 10.3. The van der Waals surface area contributed by atoms with E-state index in [9.17, 15) is 4.79 Å². The highest BCUT2D eigenvalue weighted by Gasteiger charge is 2.12. The van der Waals surface area contributed by atoms with E-state index in [1.54, 1.807) is 23.8 Å². The molecule has 5 nitrogen and oxygen atoms in total. The molecule has 1 N–H and O–H groups in total. The molecule has 0 atom stereocenters. The molecule has 23 heavy (non-hydrogen) atoms. The molecule has 0 radical (unpaired) electrons. The average Bonchev–Trinajstić information content (AvgIpc) is 3.12. The van der Waals surface area contributed by atoms with Gasteiger partial charge in [0.1, 0.15) is 12.4 Å². The van der Waals surface area contributed by atoms with Crippen molar-refractivity contribution in [3.05, 3.63) is 76.5 Å². The van der Waals surface area contributed by atoms with Gasteiger partial charge < -0.3 is 10.1 Å². The third-order valence-electron chi connectivity index (χ3n) is 3.15. The van der Waals surface area contributed by atoms with Gasteiger partial charge in [-0.3, -0.25) is 9.78 Å². The zero-order chi connectivity index (χ0) is 15.9. The Morgan fingerprint density at radius 1 is 1.09 bits per heavy atom. The van der Waals surface area contributed by atoms with E-state index in [4.69, 9.17) is 4.74 Å². The molecule has 0 fully saturated rings. The molecule has 0 aliphatic carbocycles. The maximum absolute atomic E-state index is 12.4. The zero-order valence-corrected chi connectivity index (χ0v) is 13.1. The molecule has 0 aliphatic rings. The number of nitrogens with one attached hydrogen (secondary N) is 1. The predicted molar refractivity (Wildman–Crippen MR) is 88.3 cm³/mol. The first-order chi connectivity index (χ1) is 11.3. The highest BCUT2D eigenvalue weighted by molar-refractivity contribution is 7.07. The maximum Gasteiger partial charge on any atom is 0.255 e. The summed E-state index contributed by atoms with van der Waals surface area (Å²) in [4.78, 5) is 20.7. The Balaban J connectivity index is 1.65. The minimum absolute atomic E-state index is 0.190. The van der Waals surface area contributed by atoms with Crippen LogP contribution in [-0.2, 0) is 13.2 Å². The molecular weight excluding hydrogens is 310 g/mol. The number of hydrogen-bond donors (Lipinski definition) is 1. The number of aromatic nitrogens is 2. The van der Waals surface area contributed by atoms with Gasteiger partial charge in [-0.15, -0.1) is 11.3 Å². The van der Waals surface area contributed by atoms with Gasteiger partial charge in [-0.25, -0.2) is 4.98 Å². The van der Waals surface area contributed by atoms with Crippen molar-refractivity contribution in [1.29, 1.82) is 0 Å². The van der Waals surface area contributed by atoms with Crippen molar-refractivity contribution in [2.75, 3.05) is 0 Å². The first-order valence-corrected chi connectivity index (χ1v) is 8.04. The summed E-state index contributed by atoms with van der Waals surface area (Å²) in [5.74, 6) is 0.351. The van der Waals surface area contributed by atoms with Gasteiger partial charge in [0, 0.05) is 11.6 Å². The summed E-state index contributed by atoms with van der Waals surface area (Å²) < 4.78 is 5.72. The van der Waals surface area contributed by atoms with Crippen molar-refractivity contribution in [2.45, 2.75) is 13.2 Å². The number of benzene rings is 1. The van der Waals surface area contributed by atoms with E-state index < -0.39 is 0 Å². The number of carbonyl (C=O) groups excluding carboxylic acids is 1. The van der Waals surface area contributed by atoms with Gasteiger partial charge in [0.25, 0.3) is 5.91 Å². The molecule has 1 amide bonds. The lowest BCUT2D eigenvalue weighted by Crippen LogP contribution is -2.23. The summed E-state index contributed by atoms with van der Waals surface area (Å²) in [5, 5.41) is 4.77. The van der Waals surface area contributed by atoms with Gasteiger partial charge in [0.2, 0.25) is 0 Å². The fraction of sp³-hybridized carbons (Fsp3) is 0.118. The maximum atomic E-state index is 12.4. The van der Waals surface area contributed by atoms with Crippen LogP contribution in [0.3, 0.4) is 0 Å². The fourth-order valence-electron chi connectivity index (χ4n) is 2.01. The summed E-state index contributed by atoms with van der Waals surface area (Å²) in [5.41, 5.74) is 3.91. The van der Waals surface area contributed by atoms with Crippen LogP contribution in [0, 0.1) is 0 Å². The van der Waals surface area contributed by atoms with E-state index in [1.807, 2.05) is 35.7 Å². The van der Waals surface area contributed by atoms with Gasteiger partial charge in [0.15, 0.2) is 0 Å². The first-order valence-electron chi connectivity index (χ1n) is 7.10. The van der Waals surface area contributed by atoms with Crippen LogP contribution >= 0.6 is 11.3 Å². The third-order valence-corrected chi connectivity index (χ3v) is 3.78. The predicted octanol–water partition coefficient (Wildman–Crippen LogP) is 3.05. The van der Waals surface area contributed by atoms with E-state index >= 15 is 0 Å². The molecule has 2 aromatic heterocycles. The molecule has 0 saturated carbocycles. The van der Waals surface area contributed by atoms with Crippen LogP contribution < -0.4 is 10.1 Å². The van der Waals surface area contributed by atoms with Gasteiger partial charge in [0.05, 0.1) is 29.0 Å². The smallest absolute Gasteiger partial charge is 0.255 e. The number of para-hydroxylation sites is 1. The molecule has 6 heteroatoms. The number of amides is 1. The van der Waals surface area contributed by atoms with E-state index in [1.165, 1.54) is 11.3 Å². The Morgan fingerprint density at radius 2 is 1.96 bits per heavy atom. The van der Waals surface area contributed by atoms with Crippen molar-refractivity contribution in [2.24, 2.45) is 0 Å². The number of rotatable bonds is 6. The standard InChI is InChI=1S/C17H15N3O2S/c21-17(19-9-13-5-3-4-8-18-13)15-6-1-2-7-16(15)22-10-14-11-23-12-20-14/h1-8,11-12H,9-10H2,(H,19,21). The zero-order valence-electron chi connectivity index (χ0n) is 12.3. The minimum Gasteiger partial charge on any atom is -0.486 e. The molecule has 0 saturated heterocycles. The van der Waals surface area contributed by atoms with E-state index in [0.717, 1.165) is 11.4 Å². The lowest BCUT2D eigenvalue weighted by molar-refractivity contribution is 0.0946. The lowest BCUT2D eigenvalue weighted by atomic mass is 10.2. The molecular formula is C17H15N3O2S. The number of pyridine rings is 1. The van der Waals surface area contributed by atoms with Crippen molar-refractivity contribution in [3.63, 3.8) is 0 Å². The molecule has 3 rings (SSSR count). The summed E-state index contributed by atoms with van der Waals surface area (Å²) in [6.45, 7) is 0.716. The highest BCUT2D eigenvalue weighted by atomic mass is 32.1. The number of carbonyl (C=O) groups is 1. The van der Waals surface area contributed by atoms with Crippen LogP contribution in [0.5, 0.6) is 5.75 Å². The average molecular weight is 325 g/mol. The number of hydrogen-bond acceptors (Lipinski definition) is 5. The topological polar surface area (TPSA) is 64.1 Å². The van der Waals surface area contributed by atoms with E-state index in [2.05, 4.69) is 15.3 Å². The SMILES string of the molecule is O=C(NCc1ccccn1)c1ccccc1OCc1cscn1. The van der Waals surface area contributed by atoms with Gasteiger partial charge in [-0.2, -0.15) is 0 Å². The van der Waals surface area contributed by atoms with Crippen LogP contribution in [-0.4, -0.2) is 15.9 Å². The van der Waals surface area contributed by atoms with Crippen LogP contribution in [0.2, 0.25) is 0 Å². The second-order valence-corrected chi connectivity index (χ2v) is 5.49.